The maximum Gasteiger partial charge on any atom is 0.416 e. The molecule has 0 saturated carbocycles. The van der Waals surface area contributed by atoms with Gasteiger partial charge in [0.15, 0.2) is 6.10 Å². The number of halogens is 4. The Morgan fingerprint density at radius 2 is 2.04 bits per heavy atom. The van der Waals surface area contributed by atoms with Crippen molar-refractivity contribution in [3.05, 3.63) is 64.7 Å². The summed E-state index contributed by atoms with van der Waals surface area (Å²) >= 11 is 3.30. The Balaban J connectivity index is 1.88. The highest BCUT2D eigenvalue weighted by Crippen LogP contribution is 2.34. The van der Waals surface area contributed by atoms with Gasteiger partial charge in [0, 0.05) is 12.8 Å². The molecule has 0 amide bonds. The molecule has 0 spiro atoms. The maximum atomic E-state index is 12.9. The number of nitrogens with zero attached hydrogens (tertiary/aromatic N) is 1. The van der Waals surface area contributed by atoms with Crippen molar-refractivity contribution in [1.82, 2.24) is 0 Å². The summed E-state index contributed by atoms with van der Waals surface area (Å²) in [6.07, 6.45) is -3.62. The molecule has 0 bridgehead atoms. The molecule has 25 heavy (non-hydrogen) atoms. The first-order valence-electron chi connectivity index (χ1n) is 7.58. The van der Waals surface area contributed by atoms with Crippen molar-refractivity contribution in [3.8, 4) is 5.75 Å². The van der Waals surface area contributed by atoms with Gasteiger partial charge in [-0.1, -0.05) is 29.4 Å². The molecule has 1 aliphatic rings. The van der Waals surface area contributed by atoms with E-state index in [-0.39, 0.29) is 6.10 Å². The summed E-state index contributed by atoms with van der Waals surface area (Å²) < 4.78 is 44.8. The largest absolute Gasteiger partial charge is 0.496 e. The van der Waals surface area contributed by atoms with Crippen LogP contribution >= 0.6 is 15.9 Å². The molecule has 7 heteroatoms. The highest BCUT2D eigenvalue weighted by atomic mass is 79.9. The number of hydrogen-bond donors (Lipinski definition) is 0. The normalized spacial score (nSPS) is 17.2. The van der Waals surface area contributed by atoms with Crippen LogP contribution in [0.5, 0.6) is 5.75 Å². The summed E-state index contributed by atoms with van der Waals surface area (Å²) in [5.74, 6) is 0.624. The molecule has 1 atom stereocenters. The molecule has 0 radical (unpaired) electrons. The number of benzene rings is 2. The Morgan fingerprint density at radius 3 is 2.68 bits per heavy atom. The lowest BCUT2D eigenvalue weighted by Gasteiger charge is -2.14. The summed E-state index contributed by atoms with van der Waals surface area (Å²) in [6, 6.07) is 10.9. The zero-order valence-electron chi connectivity index (χ0n) is 13.3. The molecule has 1 heterocycles. The minimum absolute atomic E-state index is 0.208. The SMILES string of the molecule is COc1ccc([C@@H]2CC(Br)=NO2)cc1Cc1cccc(C(F)(F)F)c1. The monoisotopic (exact) mass is 413 g/mol. The van der Waals surface area contributed by atoms with Gasteiger partial charge in [-0.3, -0.25) is 0 Å². The number of ether oxygens (including phenoxy) is 1. The molecule has 0 unspecified atom stereocenters. The third-order valence-corrected chi connectivity index (χ3v) is 4.43. The summed E-state index contributed by atoms with van der Waals surface area (Å²) in [6.45, 7) is 0. The van der Waals surface area contributed by atoms with E-state index in [1.165, 1.54) is 13.2 Å². The van der Waals surface area contributed by atoms with E-state index in [4.69, 9.17) is 9.57 Å². The molecular formula is C18H15BrF3NO2. The first kappa shape index (κ1) is 17.8. The molecule has 0 aliphatic carbocycles. The van der Waals surface area contributed by atoms with Crippen molar-refractivity contribution < 1.29 is 22.7 Å². The van der Waals surface area contributed by atoms with Gasteiger partial charge >= 0.3 is 6.18 Å². The van der Waals surface area contributed by atoms with Crippen molar-refractivity contribution in [2.24, 2.45) is 5.16 Å². The lowest BCUT2D eigenvalue weighted by molar-refractivity contribution is -0.137. The molecule has 0 saturated heterocycles. The number of alkyl halides is 3. The fraction of sp³-hybridized carbons (Fsp3) is 0.278. The molecule has 2 aromatic carbocycles. The van der Waals surface area contributed by atoms with E-state index in [1.54, 1.807) is 12.1 Å². The van der Waals surface area contributed by atoms with Gasteiger partial charge in [0.05, 0.1) is 12.7 Å². The Bertz CT molecular complexity index is 805. The van der Waals surface area contributed by atoms with Crippen LogP contribution in [-0.2, 0) is 17.4 Å². The van der Waals surface area contributed by atoms with Crippen LogP contribution in [0.25, 0.3) is 0 Å². The fourth-order valence-corrected chi connectivity index (χ4v) is 3.12. The quantitative estimate of drug-likeness (QED) is 0.664. The van der Waals surface area contributed by atoms with Crippen LogP contribution in [0.4, 0.5) is 13.2 Å². The van der Waals surface area contributed by atoms with E-state index in [9.17, 15) is 13.2 Å². The second kappa shape index (κ2) is 7.07. The molecule has 132 valence electrons. The van der Waals surface area contributed by atoms with E-state index in [0.29, 0.717) is 24.2 Å². The lowest BCUT2D eigenvalue weighted by Crippen LogP contribution is -2.06. The summed E-state index contributed by atoms with van der Waals surface area (Å²) in [5.41, 5.74) is 1.61. The van der Waals surface area contributed by atoms with Gasteiger partial charge in [0.2, 0.25) is 0 Å². The second-order valence-corrected chi connectivity index (χ2v) is 6.63. The van der Waals surface area contributed by atoms with Crippen LogP contribution in [-0.4, -0.2) is 11.7 Å². The van der Waals surface area contributed by atoms with E-state index in [1.807, 2.05) is 12.1 Å². The molecular weight excluding hydrogens is 399 g/mol. The first-order valence-corrected chi connectivity index (χ1v) is 8.37. The summed E-state index contributed by atoms with van der Waals surface area (Å²) in [5, 5.41) is 3.87. The number of methoxy groups -OCH3 is 1. The fourth-order valence-electron chi connectivity index (χ4n) is 2.74. The summed E-state index contributed by atoms with van der Waals surface area (Å²) in [7, 11) is 1.54. The van der Waals surface area contributed by atoms with E-state index in [2.05, 4.69) is 21.1 Å². The zero-order valence-corrected chi connectivity index (χ0v) is 14.9. The van der Waals surface area contributed by atoms with Crippen molar-refractivity contribution in [2.75, 3.05) is 7.11 Å². The lowest BCUT2D eigenvalue weighted by atomic mass is 9.98. The van der Waals surface area contributed by atoms with Gasteiger partial charge in [-0.25, -0.2) is 0 Å². The predicted molar refractivity (Wildman–Crippen MR) is 92.0 cm³/mol. The van der Waals surface area contributed by atoms with Gasteiger partial charge in [-0.2, -0.15) is 13.2 Å². The predicted octanol–water partition coefficient (Wildman–Crippen LogP) is 5.47. The minimum Gasteiger partial charge on any atom is -0.496 e. The zero-order chi connectivity index (χ0) is 18.0. The highest BCUT2D eigenvalue weighted by Gasteiger charge is 2.30. The van der Waals surface area contributed by atoms with Gasteiger partial charge in [0.25, 0.3) is 0 Å². The summed E-state index contributed by atoms with van der Waals surface area (Å²) in [4.78, 5) is 5.35. The third kappa shape index (κ3) is 4.15. The van der Waals surface area contributed by atoms with Crippen molar-refractivity contribution in [1.29, 1.82) is 0 Å². The van der Waals surface area contributed by atoms with Crippen LogP contribution in [0.15, 0.2) is 47.6 Å². The number of hydrogen-bond acceptors (Lipinski definition) is 3. The van der Waals surface area contributed by atoms with E-state index in [0.717, 1.165) is 27.9 Å². The van der Waals surface area contributed by atoms with Gasteiger partial charge in [-0.15, -0.1) is 0 Å². The Morgan fingerprint density at radius 1 is 1.24 bits per heavy atom. The molecule has 2 aromatic rings. The maximum absolute atomic E-state index is 12.9. The number of oxime groups is 1. The second-order valence-electron chi connectivity index (χ2n) is 5.71. The van der Waals surface area contributed by atoms with Crippen LogP contribution in [0.1, 0.15) is 34.8 Å². The van der Waals surface area contributed by atoms with Gasteiger partial charge in [0.1, 0.15) is 10.4 Å². The highest BCUT2D eigenvalue weighted by molar-refractivity contribution is 9.18. The first-order chi connectivity index (χ1) is 11.9. The molecule has 0 aromatic heterocycles. The standard InChI is InChI=1S/C18H15BrF3NO2/c1-24-15-6-5-12(16-10-17(19)23-25-16)9-13(15)7-11-3-2-4-14(8-11)18(20,21)22/h2-6,8-9,16H,7,10H2,1H3/t16-/m0/s1. The Hall–Kier alpha value is -2.02. The van der Waals surface area contributed by atoms with Crippen molar-refractivity contribution in [3.63, 3.8) is 0 Å². The van der Waals surface area contributed by atoms with Crippen LogP contribution in [0.2, 0.25) is 0 Å². The van der Waals surface area contributed by atoms with Gasteiger partial charge < -0.3 is 9.57 Å². The third-order valence-electron chi connectivity index (χ3n) is 3.96. The molecule has 0 fully saturated rings. The van der Waals surface area contributed by atoms with Crippen LogP contribution in [0, 0.1) is 0 Å². The van der Waals surface area contributed by atoms with E-state index >= 15 is 0 Å². The molecule has 1 aliphatic heterocycles. The average molecular weight is 414 g/mol. The van der Waals surface area contributed by atoms with Crippen LogP contribution < -0.4 is 4.74 Å². The smallest absolute Gasteiger partial charge is 0.416 e. The Kier molecular flexibility index (Phi) is 5.03. The molecule has 3 nitrogen and oxygen atoms in total. The average Bonchev–Trinajstić information content (AvgIpc) is 3.01. The van der Waals surface area contributed by atoms with E-state index < -0.39 is 11.7 Å². The van der Waals surface area contributed by atoms with Crippen molar-refractivity contribution >= 4 is 20.6 Å². The molecule has 3 rings (SSSR count). The molecule has 0 N–H and O–H groups in total. The topological polar surface area (TPSA) is 30.8 Å². The number of rotatable bonds is 4. The Labute approximate surface area is 151 Å². The van der Waals surface area contributed by atoms with Crippen LogP contribution in [0.3, 0.4) is 0 Å². The minimum atomic E-state index is -4.36. The van der Waals surface area contributed by atoms with Gasteiger partial charge in [-0.05, 0) is 50.8 Å². The van der Waals surface area contributed by atoms with Crippen molar-refractivity contribution in [2.45, 2.75) is 25.1 Å².